The van der Waals surface area contributed by atoms with E-state index >= 15 is 0 Å². The SMILES string of the molecule is CCCCCCCCCCCC[C@@H](C)C(=O)SCCNC(=O)CCNC(=O)[C@H](O)C(C)(C)COP(=O)([O-])OP(=O)([O-])OC[C@H]1O[C@@H](n2cnc3c(N)ncnc32)[C@H](O)[C@@H]1OP(=O)([O-])[O-]. The van der Waals surface area contributed by atoms with Crippen LogP contribution in [0.4, 0.5) is 5.82 Å². The number of fused-ring (bicyclic) bond motifs is 1. The first-order valence-corrected chi connectivity index (χ1v) is 26.3. The van der Waals surface area contributed by atoms with Crippen LogP contribution in [0.25, 0.3) is 11.2 Å². The van der Waals surface area contributed by atoms with Gasteiger partial charge in [0.2, 0.25) is 11.8 Å². The number of nitrogens with two attached hydrogens (primary N) is 1. The molecule has 0 aliphatic carbocycles. The molecule has 8 atom stereocenters. The lowest BCUT2D eigenvalue weighted by molar-refractivity contribution is -0.347. The number of imidazole rings is 1. The van der Waals surface area contributed by atoms with Gasteiger partial charge in [-0.1, -0.05) is 104 Å². The van der Waals surface area contributed by atoms with Crippen LogP contribution in [0.3, 0.4) is 0 Å². The number of hydrogen-bond donors (Lipinski definition) is 5. The Kier molecular flexibility index (Phi) is 22.9. The molecule has 3 rings (SSSR count). The van der Waals surface area contributed by atoms with Crippen molar-refractivity contribution in [3.05, 3.63) is 12.7 Å². The van der Waals surface area contributed by atoms with E-state index in [1.54, 1.807) is 0 Å². The molecule has 24 nitrogen and oxygen atoms in total. The molecule has 2 amide bonds. The zero-order valence-corrected chi connectivity index (χ0v) is 39.8. The summed E-state index contributed by atoms with van der Waals surface area (Å²) in [4.78, 5) is 97.1. The van der Waals surface area contributed by atoms with Crippen LogP contribution >= 0.6 is 35.2 Å². The summed E-state index contributed by atoms with van der Waals surface area (Å²) < 4.78 is 60.8. The summed E-state index contributed by atoms with van der Waals surface area (Å²) in [6, 6.07) is 0. The molecule has 2 aromatic heterocycles. The molecule has 0 bridgehead atoms. The van der Waals surface area contributed by atoms with Crippen molar-refractivity contribution in [2.24, 2.45) is 11.3 Å². The molecule has 0 spiro atoms. The number of phosphoric ester groups is 3. The molecule has 366 valence electrons. The fourth-order valence-corrected chi connectivity index (χ4v) is 10.0. The standard InChI is InChI=1S/C36H64N7O17P3S/c1-5-6-7-8-9-10-11-12-13-14-15-24(2)35(48)64-19-18-38-26(44)16-17-39-33(47)30(46)36(3,4)21-57-63(54,55)60-62(52,53)56-20-25-29(59-61(49,50)51)28(45)34(58-25)43-23-42-27-31(37)40-22-41-32(27)43/h22-25,28-30,34,45-46H,5-21H2,1-4H3,(H,38,44)(H,39,47)(H,52,53)(H,54,55)(H2,37,40,41)(H2,49,50,51)/p-4/t24-,25-,28-,29-,30+,34-/m1/s1. The molecule has 0 saturated carbocycles. The van der Waals surface area contributed by atoms with E-state index in [0.717, 1.165) is 48.2 Å². The molecular weight excluding hydrogens is 927 g/mol. The van der Waals surface area contributed by atoms with E-state index < -0.39 is 84.6 Å². The van der Waals surface area contributed by atoms with Gasteiger partial charge >= 0.3 is 0 Å². The van der Waals surface area contributed by atoms with Crippen LogP contribution < -0.4 is 35.9 Å². The normalized spacial score (nSPS) is 21.0. The number of nitrogen functional groups attached to an aromatic ring is 1. The average molecular weight is 988 g/mol. The van der Waals surface area contributed by atoms with Gasteiger partial charge in [-0.15, -0.1) is 0 Å². The third-order valence-electron chi connectivity index (χ3n) is 10.1. The maximum atomic E-state index is 12.6. The first-order chi connectivity index (χ1) is 30.0. The van der Waals surface area contributed by atoms with Gasteiger partial charge in [-0.2, -0.15) is 0 Å². The Morgan fingerprint density at radius 2 is 1.58 bits per heavy atom. The van der Waals surface area contributed by atoms with Crippen LogP contribution in [0.5, 0.6) is 0 Å². The van der Waals surface area contributed by atoms with E-state index in [4.69, 9.17) is 10.5 Å². The Morgan fingerprint density at radius 3 is 2.22 bits per heavy atom. The molecule has 3 heterocycles. The molecule has 0 radical (unpaired) electrons. The van der Waals surface area contributed by atoms with Crippen molar-refractivity contribution < 1.29 is 80.5 Å². The number of ether oxygens (including phenoxy) is 1. The summed E-state index contributed by atoms with van der Waals surface area (Å²) in [5.74, 6) is -1.23. The first kappa shape index (κ1) is 55.9. The second kappa shape index (κ2) is 26.2. The fraction of sp³-hybridized carbons (Fsp3) is 0.778. The highest BCUT2D eigenvalue weighted by Gasteiger charge is 2.47. The number of nitrogens with one attached hydrogen (secondary N) is 2. The molecule has 64 heavy (non-hydrogen) atoms. The molecule has 6 N–H and O–H groups in total. The minimum absolute atomic E-state index is 0.0186. The van der Waals surface area contributed by atoms with Gasteiger partial charge in [-0.05, 0) is 6.42 Å². The van der Waals surface area contributed by atoms with Crippen molar-refractivity contribution in [3.8, 4) is 0 Å². The Balaban J connectivity index is 1.36. The van der Waals surface area contributed by atoms with Gasteiger partial charge in [0.25, 0.3) is 15.6 Å². The number of hydrogen-bond acceptors (Lipinski definition) is 22. The molecular formula is C36H60N7O17P3S-4. The van der Waals surface area contributed by atoms with Crippen molar-refractivity contribution in [1.82, 2.24) is 30.2 Å². The number of carbonyl (C=O) groups excluding carboxylic acids is 3. The summed E-state index contributed by atoms with van der Waals surface area (Å²) >= 11 is 1.15. The fourth-order valence-electron chi connectivity index (χ4n) is 6.46. The highest BCUT2D eigenvalue weighted by Crippen LogP contribution is 2.56. The summed E-state index contributed by atoms with van der Waals surface area (Å²) in [7, 11) is -17.6. The summed E-state index contributed by atoms with van der Waals surface area (Å²) in [6.07, 6.45) is 5.45. The predicted molar refractivity (Wildman–Crippen MR) is 224 cm³/mol. The minimum atomic E-state index is -5.92. The monoisotopic (exact) mass is 987 g/mol. The number of rotatable bonds is 31. The number of phosphoric acid groups is 3. The highest BCUT2D eigenvalue weighted by atomic mass is 32.2. The van der Waals surface area contributed by atoms with E-state index in [2.05, 4.69) is 50.4 Å². The molecule has 2 aromatic rings. The third-order valence-corrected chi connectivity index (χ3v) is 14.2. The number of nitrogens with zero attached hydrogens (tertiary/aromatic N) is 4. The van der Waals surface area contributed by atoms with Gasteiger partial charge in [0.05, 0.1) is 27.4 Å². The van der Waals surface area contributed by atoms with Crippen molar-refractivity contribution in [3.63, 3.8) is 0 Å². The first-order valence-electron chi connectivity index (χ1n) is 21.0. The number of aliphatic hydroxyl groups excluding tert-OH is 2. The Morgan fingerprint density at radius 1 is 0.953 bits per heavy atom. The number of aromatic nitrogens is 4. The van der Waals surface area contributed by atoms with Gasteiger partial charge in [0.15, 0.2) is 22.8 Å². The van der Waals surface area contributed by atoms with Gasteiger partial charge < -0.3 is 69.0 Å². The van der Waals surface area contributed by atoms with Crippen LogP contribution in [-0.4, -0.2) is 103 Å². The summed E-state index contributed by atoms with van der Waals surface area (Å²) in [5, 5.41) is 26.5. The topological polar surface area (TPSA) is 375 Å². The van der Waals surface area contributed by atoms with Crippen LogP contribution in [-0.2, 0) is 50.7 Å². The molecule has 0 aromatic carbocycles. The lowest BCUT2D eigenvalue weighted by atomic mass is 9.87. The zero-order valence-electron chi connectivity index (χ0n) is 36.3. The molecule has 2 unspecified atom stereocenters. The Bertz CT molecular complexity index is 1960. The number of anilines is 1. The quantitative estimate of drug-likeness (QED) is 0.0521. The van der Waals surface area contributed by atoms with Crippen molar-refractivity contribution >= 4 is 69.1 Å². The van der Waals surface area contributed by atoms with Crippen molar-refractivity contribution in [2.45, 2.75) is 135 Å². The molecule has 1 aliphatic rings. The van der Waals surface area contributed by atoms with Crippen molar-refractivity contribution in [1.29, 1.82) is 0 Å². The summed E-state index contributed by atoms with van der Waals surface area (Å²) in [5.41, 5.74) is 4.09. The van der Waals surface area contributed by atoms with Crippen molar-refractivity contribution in [2.75, 3.05) is 37.8 Å². The number of unbranched alkanes of at least 4 members (excludes halogenated alkanes) is 9. The van der Waals surface area contributed by atoms with E-state index in [1.165, 1.54) is 65.2 Å². The van der Waals surface area contributed by atoms with Crippen LogP contribution in [0.2, 0.25) is 0 Å². The van der Waals surface area contributed by atoms with E-state index in [1.807, 2.05) is 6.92 Å². The number of amides is 2. The maximum absolute atomic E-state index is 12.6. The predicted octanol–water partition coefficient (Wildman–Crippen LogP) is 1.08. The van der Waals surface area contributed by atoms with Gasteiger partial charge in [0.1, 0.15) is 36.3 Å². The van der Waals surface area contributed by atoms with E-state index in [-0.39, 0.29) is 47.5 Å². The molecule has 1 fully saturated rings. The zero-order chi connectivity index (χ0) is 47.7. The van der Waals surface area contributed by atoms with Gasteiger partial charge in [-0.3, -0.25) is 28.1 Å². The van der Waals surface area contributed by atoms with Crippen LogP contribution in [0, 0.1) is 11.3 Å². The second-order valence-corrected chi connectivity index (χ2v) is 21.2. The van der Waals surface area contributed by atoms with E-state index in [0.29, 0.717) is 5.75 Å². The third kappa shape index (κ3) is 19.0. The number of aliphatic hydroxyl groups is 2. The number of thioether (sulfide) groups is 1. The van der Waals surface area contributed by atoms with E-state index in [9.17, 15) is 57.9 Å². The maximum Gasteiger partial charge on any atom is 0.274 e. The highest BCUT2D eigenvalue weighted by molar-refractivity contribution is 8.13. The second-order valence-electron chi connectivity index (χ2n) is 16.0. The van der Waals surface area contributed by atoms with Crippen LogP contribution in [0.1, 0.15) is 111 Å². The Labute approximate surface area is 376 Å². The molecule has 1 saturated heterocycles. The van der Waals surface area contributed by atoms with Crippen LogP contribution in [0.15, 0.2) is 12.7 Å². The lowest BCUT2D eigenvalue weighted by Gasteiger charge is -2.36. The average Bonchev–Trinajstić information content (AvgIpc) is 3.78. The van der Waals surface area contributed by atoms with Gasteiger partial charge in [0, 0.05) is 36.6 Å². The Hall–Kier alpha value is -2.44. The number of carbonyl (C=O) groups is 3. The molecule has 1 aliphatic heterocycles. The largest absolute Gasteiger partial charge is 0.790 e. The minimum Gasteiger partial charge on any atom is -0.790 e. The summed E-state index contributed by atoms with van der Waals surface area (Å²) in [6.45, 7) is 4.28. The van der Waals surface area contributed by atoms with Gasteiger partial charge in [-0.25, -0.2) is 19.3 Å². The smallest absolute Gasteiger partial charge is 0.274 e. The molecule has 28 heteroatoms. The lowest BCUT2D eigenvalue weighted by Crippen LogP contribution is -2.46.